The zero-order valence-electron chi connectivity index (χ0n) is 14.2. The van der Waals surface area contributed by atoms with Crippen LogP contribution in [0.1, 0.15) is 49.7 Å². The minimum atomic E-state index is -1.28. The first-order valence-corrected chi connectivity index (χ1v) is 10.3. The molecule has 0 radical (unpaired) electrons. The van der Waals surface area contributed by atoms with Crippen LogP contribution in [0.3, 0.4) is 0 Å². The Morgan fingerprint density at radius 1 is 1.38 bits per heavy atom. The molecule has 1 unspecified atom stereocenters. The van der Waals surface area contributed by atoms with Crippen molar-refractivity contribution >= 4 is 11.1 Å². The van der Waals surface area contributed by atoms with Crippen LogP contribution in [0.15, 0.2) is 29.8 Å². The molecule has 3 nitrogen and oxygen atoms in total. The third-order valence-corrected chi connectivity index (χ3v) is 7.04. The van der Waals surface area contributed by atoms with Crippen molar-refractivity contribution in [1.29, 1.82) is 5.26 Å². The molecule has 24 heavy (non-hydrogen) atoms. The van der Waals surface area contributed by atoms with Crippen molar-refractivity contribution < 1.29 is 8.39 Å². The molecule has 1 fully saturated rings. The van der Waals surface area contributed by atoms with Crippen LogP contribution in [0.2, 0.25) is 0 Å². The fourth-order valence-electron chi connectivity index (χ4n) is 5.49. The van der Waals surface area contributed by atoms with Crippen molar-refractivity contribution in [3.63, 3.8) is 0 Å². The van der Waals surface area contributed by atoms with Gasteiger partial charge in [-0.2, -0.15) is 5.26 Å². The Bertz CT molecular complexity index is 778. The van der Waals surface area contributed by atoms with E-state index in [1.165, 1.54) is 17.5 Å². The van der Waals surface area contributed by atoms with Crippen LogP contribution < -0.4 is 4.18 Å². The molecule has 1 saturated carbocycles. The maximum absolute atomic E-state index is 11.3. The third kappa shape index (κ3) is 2.33. The minimum absolute atomic E-state index is 0.0928. The summed E-state index contributed by atoms with van der Waals surface area (Å²) in [7, 11) is 0. The highest BCUT2D eigenvalue weighted by Crippen LogP contribution is 2.60. The first-order chi connectivity index (χ1) is 11.5. The second-order valence-corrected chi connectivity index (χ2v) is 8.65. The topological polar surface area (TPSA) is 50.1 Å². The van der Waals surface area contributed by atoms with E-state index in [-0.39, 0.29) is 5.41 Å². The summed E-state index contributed by atoms with van der Waals surface area (Å²) in [5.41, 5.74) is 3.92. The van der Waals surface area contributed by atoms with E-state index < -0.39 is 11.1 Å². The zero-order chi connectivity index (χ0) is 16.9. The van der Waals surface area contributed by atoms with E-state index in [0.717, 1.165) is 31.3 Å². The van der Waals surface area contributed by atoms with Crippen LogP contribution in [-0.4, -0.2) is 10.5 Å². The predicted molar refractivity (Wildman–Crippen MR) is 94.8 cm³/mol. The van der Waals surface area contributed by atoms with E-state index in [0.29, 0.717) is 23.5 Å². The first kappa shape index (κ1) is 15.9. The third-order valence-electron chi connectivity index (χ3n) is 6.61. The number of allylic oxidation sites excluding steroid dienone is 2. The lowest BCUT2D eigenvalue weighted by atomic mass is 9.54. The summed E-state index contributed by atoms with van der Waals surface area (Å²) in [5, 5.41) is 9.47. The van der Waals surface area contributed by atoms with Crippen molar-refractivity contribution in [3.05, 3.63) is 41.0 Å². The Morgan fingerprint density at radius 3 is 2.96 bits per heavy atom. The SMILES string of the molecule is CS(=O)Oc1ccc2c(c1)CC[C@@H]1[C@@H]2CC[C@]2(C)C(C#N)=CC[C@@H]12. The number of aryl methyl sites for hydroxylation is 1. The van der Waals surface area contributed by atoms with Gasteiger partial charge < -0.3 is 4.18 Å². The van der Waals surface area contributed by atoms with Gasteiger partial charge in [-0.15, -0.1) is 0 Å². The molecular weight excluding hydrogens is 318 g/mol. The van der Waals surface area contributed by atoms with E-state index in [1.54, 1.807) is 6.26 Å². The Morgan fingerprint density at radius 2 is 2.21 bits per heavy atom. The molecule has 0 heterocycles. The molecule has 0 amide bonds. The normalized spacial score (nSPS) is 35.0. The summed E-state index contributed by atoms with van der Waals surface area (Å²) in [6.45, 7) is 2.30. The molecular formula is C20H23NO2S. The first-order valence-electron chi connectivity index (χ1n) is 8.78. The molecule has 1 aromatic carbocycles. The van der Waals surface area contributed by atoms with E-state index in [9.17, 15) is 9.47 Å². The Labute approximate surface area is 146 Å². The number of fused-ring (bicyclic) bond motifs is 5. The van der Waals surface area contributed by atoms with Gasteiger partial charge in [-0.25, -0.2) is 4.21 Å². The predicted octanol–water partition coefficient (Wildman–Crippen LogP) is 4.27. The summed E-state index contributed by atoms with van der Waals surface area (Å²) < 4.78 is 16.6. The molecule has 5 atom stereocenters. The summed E-state index contributed by atoms with van der Waals surface area (Å²) >= 11 is -1.28. The summed E-state index contributed by atoms with van der Waals surface area (Å²) in [4.78, 5) is 0. The van der Waals surface area contributed by atoms with Gasteiger partial charge in [0.1, 0.15) is 5.75 Å². The molecule has 0 saturated heterocycles. The highest BCUT2D eigenvalue weighted by Gasteiger charge is 2.51. The number of rotatable bonds is 2. The van der Waals surface area contributed by atoms with Crippen LogP contribution in [-0.2, 0) is 17.5 Å². The van der Waals surface area contributed by atoms with Gasteiger partial charge in [0.15, 0.2) is 0 Å². The Hall–Kier alpha value is -1.60. The molecule has 4 rings (SSSR count). The van der Waals surface area contributed by atoms with Gasteiger partial charge in [-0.1, -0.05) is 19.1 Å². The van der Waals surface area contributed by atoms with Crippen LogP contribution in [0.4, 0.5) is 0 Å². The fraction of sp³-hybridized carbons (Fsp3) is 0.550. The standard InChI is InChI=1S/C20H23NO2S/c1-20-10-9-17-16-7-5-15(23-24(2)22)11-13(16)3-6-18(17)19(20)8-4-14(20)12-21/h4-5,7,11,17-19H,3,6,8-10H2,1-2H3/t17-,18-,19+,20-,24?/m1/s1. The minimum Gasteiger partial charge on any atom is -0.401 e. The van der Waals surface area contributed by atoms with Gasteiger partial charge in [0, 0.05) is 17.2 Å². The smallest absolute Gasteiger partial charge is 0.203 e. The lowest BCUT2D eigenvalue weighted by molar-refractivity contribution is 0.0780. The van der Waals surface area contributed by atoms with E-state index >= 15 is 0 Å². The van der Waals surface area contributed by atoms with Crippen molar-refractivity contribution in [3.8, 4) is 11.8 Å². The molecule has 0 aliphatic heterocycles. The lowest BCUT2D eigenvalue weighted by Crippen LogP contribution is -2.41. The second kappa shape index (κ2) is 5.74. The molecule has 3 aliphatic rings. The maximum Gasteiger partial charge on any atom is 0.203 e. The van der Waals surface area contributed by atoms with Crippen LogP contribution in [0, 0.1) is 28.6 Å². The number of nitriles is 1. The van der Waals surface area contributed by atoms with E-state index in [4.69, 9.17) is 4.18 Å². The average Bonchev–Trinajstić information content (AvgIpc) is 2.90. The molecule has 4 heteroatoms. The quantitative estimate of drug-likeness (QED) is 0.807. The van der Waals surface area contributed by atoms with E-state index in [1.807, 2.05) is 6.07 Å². The number of benzene rings is 1. The molecule has 3 aliphatic carbocycles. The Kier molecular flexibility index (Phi) is 3.80. The van der Waals surface area contributed by atoms with Gasteiger partial charge >= 0.3 is 0 Å². The van der Waals surface area contributed by atoms with Crippen molar-refractivity contribution in [2.45, 2.75) is 44.9 Å². The van der Waals surface area contributed by atoms with Gasteiger partial charge in [-0.3, -0.25) is 0 Å². The van der Waals surface area contributed by atoms with Crippen molar-refractivity contribution in [2.24, 2.45) is 17.3 Å². The second-order valence-electron chi connectivity index (χ2n) is 7.68. The molecule has 1 aromatic rings. The summed E-state index contributed by atoms with van der Waals surface area (Å²) in [5.74, 6) is 2.59. The van der Waals surface area contributed by atoms with Gasteiger partial charge in [0.05, 0.1) is 6.07 Å². The van der Waals surface area contributed by atoms with Crippen LogP contribution in [0.5, 0.6) is 5.75 Å². The fourth-order valence-corrected chi connectivity index (χ4v) is 5.86. The molecule has 0 spiro atoms. The van der Waals surface area contributed by atoms with Gasteiger partial charge in [0.25, 0.3) is 0 Å². The van der Waals surface area contributed by atoms with Gasteiger partial charge in [0.2, 0.25) is 11.1 Å². The largest absolute Gasteiger partial charge is 0.401 e. The monoisotopic (exact) mass is 341 g/mol. The number of hydrogen-bond acceptors (Lipinski definition) is 3. The molecule has 0 bridgehead atoms. The van der Waals surface area contributed by atoms with Crippen LogP contribution in [0.25, 0.3) is 0 Å². The average molecular weight is 341 g/mol. The molecule has 126 valence electrons. The zero-order valence-corrected chi connectivity index (χ0v) is 15.1. The van der Waals surface area contributed by atoms with Crippen molar-refractivity contribution in [1.82, 2.24) is 0 Å². The van der Waals surface area contributed by atoms with Crippen molar-refractivity contribution in [2.75, 3.05) is 6.26 Å². The highest BCUT2D eigenvalue weighted by molar-refractivity contribution is 7.79. The molecule has 0 aromatic heterocycles. The summed E-state index contributed by atoms with van der Waals surface area (Å²) in [6, 6.07) is 8.68. The number of nitrogens with zero attached hydrogens (tertiary/aromatic N) is 1. The Balaban J connectivity index is 1.64. The van der Waals surface area contributed by atoms with Gasteiger partial charge in [-0.05, 0) is 73.1 Å². The molecule has 0 N–H and O–H groups in total. The van der Waals surface area contributed by atoms with E-state index in [2.05, 4.69) is 31.2 Å². The summed E-state index contributed by atoms with van der Waals surface area (Å²) in [6.07, 6.45) is 9.31. The maximum atomic E-state index is 11.3. The lowest BCUT2D eigenvalue weighted by Gasteiger charge is -2.49. The van der Waals surface area contributed by atoms with Crippen LogP contribution >= 0.6 is 0 Å². The highest BCUT2D eigenvalue weighted by atomic mass is 32.2. The number of hydrogen-bond donors (Lipinski definition) is 0.